The van der Waals surface area contributed by atoms with E-state index >= 15 is 0 Å². The van der Waals surface area contributed by atoms with Gasteiger partial charge in [0.25, 0.3) is 0 Å². The fraction of sp³-hybridized carbons (Fsp3) is 0.158. The molecule has 0 fully saturated rings. The highest BCUT2D eigenvalue weighted by Crippen LogP contribution is 2.29. The SMILES string of the molecule is COc1c(C)c(-c2ccccc2)nn1N=C(C)c1ccccc1. The Hall–Kier alpha value is -2.88. The van der Waals surface area contributed by atoms with Crippen LogP contribution in [0.15, 0.2) is 65.8 Å². The summed E-state index contributed by atoms with van der Waals surface area (Å²) in [6.07, 6.45) is 0. The first-order valence-corrected chi connectivity index (χ1v) is 7.50. The molecule has 1 heterocycles. The van der Waals surface area contributed by atoms with Crippen molar-refractivity contribution in [2.45, 2.75) is 13.8 Å². The molecule has 4 heteroatoms. The molecule has 0 aliphatic carbocycles. The predicted octanol–water partition coefficient (Wildman–Crippen LogP) is 4.14. The number of benzene rings is 2. The van der Waals surface area contributed by atoms with Crippen molar-refractivity contribution in [1.29, 1.82) is 0 Å². The molecule has 4 nitrogen and oxygen atoms in total. The van der Waals surface area contributed by atoms with Gasteiger partial charge in [0.1, 0.15) is 5.69 Å². The van der Waals surface area contributed by atoms with Crippen molar-refractivity contribution in [2.24, 2.45) is 5.10 Å². The normalized spacial score (nSPS) is 11.5. The largest absolute Gasteiger partial charge is 0.480 e. The quantitative estimate of drug-likeness (QED) is 0.680. The Labute approximate surface area is 136 Å². The molecule has 0 atom stereocenters. The molecule has 0 saturated carbocycles. The van der Waals surface area contributed by atoms with Gasteiger partial charge in [-0.15, -0.1) is 9.89 Å². The minimum Gasteiger partial charge on any atom is -0.480 e. The van der Waals surface area contributed by atoms with Crippen molar-refractivity contribution in [3.63, 3.8) is 0 Å². The Morgan fingerprint density at radius 2 is 1.61 bits per heavy atom. The zero-order chi connectivity index (χ0) is 16.2. The molecule has 0 bridgehead atoms. The van der Waals surface area contributed by atoms with E-state index in [1.807, 2.05) is 74.5 Å². The first-order valence-electron chi connectivity index (χ1n) is 7.50. The Balaban J connectivity index is 2.07. The van der Waals surface area contributed by atoms with Gasteiger partial charge in [0, 0.05) is 11.1 Å². The summed E-state index contributed by atoms with van der Waals surface area (Å²) in [6, 6.07) is 20.1. The molecule has 23 heavy (non-hydrogen) atoms. The second-order valence-corrected chi connectivity index (χ2v) is 5.29. The first-order chi connectivity index (χ1) is 11.2. The highest BCUT2D eigenvalue weighted by molar-refractivity contribution is 5.98. The number of rotatable bonds is 4. The van der Waals surface area contributed by atoms with E-state index in [1.54, 1.807) is 11.9 Å². The Morgan fingerprint density at radius 3 is 2.22 bits per heavy atom. The lowest BCUT2D eigenvalue weighted by Gasteiger charge is -2.03. The van der Waals surface area contributed by atoms with Gasteiger partial charge in [0.05, 0.1) is 12.8 Å². The molecular formula is C19H19N3O. The summed E-state index contributed by atoms with van der Waals surface area (Å²) in [5, 5.41) is 9.22. The third-order valence-corrected chi connectivity index (χ3v) is 3.73. The van der Waals surface area contributed by atoms with Crippen molar-refractivity contribution in [2.75, 3.05) is 7.11 Å². The maximum Gasteiger partial charge on any atom is 0.238 e. The first kappa shape index (κ1) is 15.0. The van der Waals surface area contributed by atoms with E-state index < -0.39 is 0 Å². The zero-order valence-electron chi connectivity index (χ0n) is 13.5. The Bertz CT molecular complexity index is 821. The number of nitrogens with zero attached hydrogens (tertiary/aromatic N) is 3. The van der Waals surface area contributed by atoms with Gasteiger partial charge in [-0.3, -0.25) is 0 Å². The van der Waals surface area contributed by atoms with E-state index in [0.29, 0.717) is 5.88 Å². The van der Waals surface area contributed by atoms with E-state index in [0.717, 1.165) is 28.1 Å². The molecule has 116 valence electrons. The van der Waals surface area contributed by atoms with E-state index in [4.69, 9.17) is 4.74 Å². The minimum absolute atomic E-state index is 0.652. The third kappa shape index (κ3) is 3.01. The highest BCUT2D eigenvalue weighted by Gasteiger charge is 2.16. The maximum atomic E-state index is 5.51. The fourth-order valence-corrected chi connectivity index (χ4v) is 2.52. The van der Waals surface area contributed by atoms with Crippen LogP contribution in [0.25, 0.3) is 11.3 Å². The molecule has 0 unspecified atom stereocenters. The predicted molar refractivity (Wildman–Crippen MR) is 93.0 cm³/mol. The second-order valence-electron chi connectivity index (χ2n) is 5.29. The van der Waals surface area contributed by atoms with Crippen LogP contribution in [-0.2, 0) is 0 Å². The lowest BCUT2D eigenvalue weighted by molar-refractivity contribution is 0.368. The van der Waals surface area contributed by atoms with Crippen LogP contribution in [0.5, 0.6) is 5.88 Å². The van der Waals surface area contributed by atoms with Crippen LogP contribution >= 0.6 is 0 Å². The molecule has 0 spiro atoms. The van der Waals surface area contributed by atoms with Crippen molar-refractivity contribution >= 4 is 5.71 Å². The van der Waals surface area contributed by atoms with Crippen LogP contribution in [0.3, 0.4) is 0 Å². The lowest BCUT2D eigenvalue weighted by atomic mass is 10.1. The summed E-state index contributed by atoms with van der Waals surface area (Å²) in [6.45, 7) is 3.96. The van der Waals surface area contributed by atoms with Crippen LogP contribution in [0, 0.1) is 6.92 Å². The van der Waals surface area contributed by atoms with Gasteiger partial charge in [0.15, 0.2) is 0 Å². The number of aromatic nitrogens is 2. The molecule has 3 aromatic rings. The fourth-order valence-electron chi connectivity index (χ4n) is 2.52. The van der Waals surface area contributed by atoms with Crippen molar-refractivity contribution in [3.8, 4) is 17.1 Å². The summed E-state index contributed by atoms with van der Waals surface area (Å²) in [5.41, 5.74) is 4.85. The molecule has 1 aromatic heterocycles. The van der Waals surface area contributed by atoms with Crippen LogP contribution < -0.4 is 4.74 Å². The molecule has 0 amide bonds. The number of methoxy groups -OCH3 is 1. The van der Waals surface area contributed by atoms with Crippen LogP contribution in [0.2, 0.25) is 0 Å². The number of hydrogen-bond acceptors (Lipinski definition) is 3. The van der Waals surface area contributed by atoms with E-state index in [2.05, 4.69) is 10.2 Å². The van der Waals surface area contributed by atoms with Crippen molar-refractivity contribution < 1.29 is 4.74 Å². The van der Waals surface area contributed by atoms with E-state index in [-0.39, 0.29) is 0 Å². The molecule has 0 aliphatic rings. The number of ether oxygens (including phenoxy) is 1. The Kier molecular flexibility index (Phi) is 4.24. The van der Waals surface area contributed by atoms with Gasteiger partial charge >= 0.3 is 0 Å². The molecule has 0 N–H and O–H groups in total. The maximum absolute atomic E-state index is 5.51. The average Bonchev–Trinajstić information content (AvgIpc) is 2.92. The summed E-state index contributed by atoms with van der Waals surface area (Å²) in [5.74, 6) is 0.652. The van der Waals surface area contributed by atoms with Crippen molar-refractivity contribution in [1.82, 2.24) is 9.89 Å². The van der Waals surface area contributed by atoms with Crippen LogP contribution in [0.1, 0.15) is 18.1 Å². The molecule has 3 rings (SSSR count). The molecular weight excluding hydrogens is 286 g/mol. The summed E-state index contributed by atoms with van der Waals surface area (Å²) in [4.78, 5) is 1.57. The van der Waals surface area contributed by atoms with E-state index in [1.165, 1.54) is 0 Å². The van der Waals surface area contributed by atoms with Gasteiger partial charge < -0.3 is 4.74 Å². The Morgan fingerprint density at radius 1 is 1.00 bits per heavy atom. The molecule has 0 radical (unpaired) electrons. The van der Waals surface area contributed by atoms with Crippen LogP contribution in [0.4, 0.5) is 0 Å². The van der Waals surface area contributed by atoms with Crippen molar-refractivity contribution in [3.05, 3.63) is 71.8 Å². The molecule has 0 saturated heterocycles. The topological polar surface area (TPSA) is 39.4 Å². The van der Waals surface area contributed by atoms with Gasteiger partial charge in [0.2, 0.25) is 5.88 Å². The summed E-state index contributed by atoms with van der Waals surface area (Å²) >= 11 is 0. The summed E-state index contributed by atoms with van der Waals surface area (Å²) in [7, 11) is 1.64. The zero-order valence-corrected chi connectivity index (χ0v) is 13.5. The second kappa shape index (κ2) is 6.48. The molecule has 0 aliphatic heterocycles. The average molecular weight is 305 g/mol. The monoisotopic (exact) mass is 305 g/mol. The van der Waals surface area contributed by atoms with E-state index in [9.17, 15) is 0 Å². The number of hydrogen-bond donors (Lipinski definition) is 0. The van der Waals surface area contributed by atoms with Gasteiger partial charge in [-0.05, 0) is 19.4 Å². The van der Waals surface area contributed by atoms with Gasteiger partial charge in [-0.1, -0.05) is 60.7 Å². The minimum atomic E-state index is 0.652. The van der Waals surface area contributed by atoms with Gasteiger partial charge in [-0.25, -0.2) is 0 Å². The standard InChI is InChI=1S/C19H19N3O/c1-14-18(17-12-8-5-9-13-17)21-22(19(14)23-3)20-15(2)16-10-6-4-7-11-16/h4-13H,1-3H3. The molecule has 2 aromatic carbocycles. The summed E-state index contributed by atoms with van der Waals surface area (Å²) < 4.78 is 5.51. The third-order valence-electron chi connectivity index (χ3n) is 3.73. The van der Waals surface area contributed by atoms with Crippen LogP contribution in [-0.4, -0.2) is 22.7 Å². The smallest absolute Gasteiger partial charge is 0.238 e. The lowest BCUT2D eigenvalue weighted by Crippen LogP contribution is -2.03. The highest BCUT2D eigenvalue weighted by atomic mass is 16.5. The van der Waals surface area contributed by atoms with Gasteiger partial charge in [-0.2, -0.15) is 5.10 Å².